The van der Waals surface area contributed by atoms with Crippen LogP contribution in [-0.2, 0) is 0 Å². The Morgan fingerprint density at radius 2 is 2.57 bits per heavy atom. The number of anilines is 1. The molecule has 0 aromatic carbocycles. The van der Waals surface area contributed by atoms with Gasteiger partial charge < -0.3 is 10.6 Å². The minimum absolute atomic E-state index is 0.220. The van der Waals surface area contributed by atoms with E-state index in [0.717, 1.165) is 18.9 Å². The molecule has 0 aliphatic carbocycles. The average Bonchev–Trinajstić information content (AvgIpc) is 2.65. The van der Waals surface area contributed by atoms with Gasteiger partial charge in [0.15, 0.2) is 0 Å². The van der Waals surface area contributed by atoms with Crippen molar-refractivity contribution in [1.29, 1.82) is 0 Å². The molecule has 4 nitrogen and oxygen atoms in total. The normalized spacial score (nSPS) is 26.4. The highest BCUT2D eigenvalue weighted by molar-refractivity contribution is 5.32. The quantitative estimate of drug-likeness (QED) is 0.751. The van der Waals surface area contributed by atoms with Crippen LogP contribution in [0.4, 0.5) is 5.82 Å². The maximum atomic E-state index is 3.98. The maximum absolute atomic E-state index is 3.98. The fourth-order valence-electron chi connectivity index (χ4n) is 1.79. The summed E-state index contributed by atoms with van der Waals surface area (Å²) in [7, 11) is 0. The van der Waals surface area contributed by atoms with E-state index in [4.69, 9.17) is 0 Å². The molecule has 76 valence electrons. The van der Waals surface area contributed by atoms with Crippen LogP contribution in [0.5, 0.6) is 0 Å². The minimum Gasteiger partial charge on any atom is -0.367 e. The standard InChI is InChI=1S/C10H16N4/c1-10(5-3-6-12-10)8-11-9-4-2-7-13-14-9/h2,4,7,12H,3,5-6,8H2,1H3,(H,11,14). The lowest BCUT2D eigenvalue weighted by Gasteiger charge is -2.24. The number of aromatic nitrogens is 2. The largest absolute Gasteiger partial charge is 0.367 e. The molecule has 1 aromatic rings. The Bertz CT molecular complexity index is 279. The molecule has 4 heteroatoms. The predicted octanol–water partition coefficient (Wildman–Crippen LogP) is 1.03. The Balaban J connectivity index is 1.88. The summed E-state index contributed by atoms with van der Waals surface area (Å²) in [6, 6.07) is 3.82. The highest BCUT2D eigenvalue weighted by atomic mass is 15.2. The van der Waals surface area contributed by atoms with Crippen LogP contribution < -0.4 is 10.6 Å². The second-order valence-corrected chi connectivity index (χ2v) is 4.05. The van der Waals surface area contributed by atoms with Gasteiger partial charge >= 0.3 is 0 Å². The van der Waals surface area contributed by atoms with Crippen LogP contribution in [0.1, 0.15) is 19.8 Å². The van der Waals surface area contributed by atoms with Gasteiger partial charge in [0.25, 0.3) is 0 Å². The monoisotopic (exact) mass is 192 g/mol. The smallest absolute Gasteiger partial charge is 0.148 e. The molecule has 1 aromatic heterocycles. The first-order chi connectivity index (χ1) is 6.79. The van der Waals surface area contributed by atoms with Gasteiger partial charge in [0.05, 0.1) is 0 Å². The van der Waals surface area contributed by atoms with Gasteiger partial charge in [0.1, 0.15) is 5.82 Å². The first-order valence-electron chi connectivity index (χ1n) is 5.05. The molecule has 1 aliphatic rings. The van der Waals surface area contributed by atoms with E-state index in [0.29, 0.717) is 0 Å². The minimum atomic E-state index is 0.220. The summed E-state index contributed by atoms with van der Waals surface area (Å²) in [5, 5.41) is 14.6. The van der Waals surface area contributed by atoms with E-state index in [-0.39, 0.29) is 5.54 Å². The summed E-state index contributed by atoms with van der Waals surface area (Å²) >= 11 is 0. The Morgan fingerprint density at radius 1 is 1.64 bits per heavy atom. The second-order valence-electron chi connectivity index (χ2n) is 4.05. The van der Waals surface area contributed by atoms with Gasteiger partial charge in [-0.1, -0.05) is 0 Å². The van der Waals surface area contributed by atoms with E-state index in [1.54, 1.807) is 6.20 Å². The molecule has 1 saturated heterocycles. The molecule has 0 radical (unpaired) electrons. The van der Waals surface area contributed by atoms with E-state index >= 15 is 0 Å². The molecule has 0 spiro atoms. The molecule has 1 atom stereocenters. The van der Waals surface area contributed by atoms with Crippen molar-refractivity contribution in [2.75, 3.05) is 18.4 Å². The van der Waals surface area contributed by atoms with Crippen LogP contribution in [0.2, 0.25) is 0 Å². The zero-order valence-corrected chi connectivity index (χ0v) is 8.45. The van der Waals surface area contributed by atoms with Crippen LogP contribution >= 0.6 is 0 Å². The SMILES string of the molecule is CC1(CNc2cccnn2)CCCN1. The van der Waals surface area contributed by atoms with E-state index in [1.807, 2.05) is 12.1 Å². The molecule has 14 heavy (non-hydrogen) atoms. The summed E-state index contributed by atoms with van der Waals surface area (Å²) in [6.45, 7) is 4.27. The first-order valence-corrected chi connectivity index (χ1v) is 5.05. The second kappa shape index (κ2) is 3.92. The van der Waals surface area contributed by atoms with E-state index in [1.165, 1.54) is 12.8 Å². The van der Waals surface area contributed by atoms with Crippen LogP contribution in [0, 0.1) is 0 Å². The Hall–Kier alpha value is -1.16. The van der Waals surface area contributed by atoms with Crippen molar-refractivity contribution in [3.05, 3.63) is 18.3 Å². The lowest BCUT2D eigenvalue weighted by Crippen LogP contribution is -2.42. The fraction of sp³-hybridized carbons (Fsp3) is 0.600. The Labute approximate surface area is 84.1 Å². The van der Waals surface area contributed by atoms with Crippen molar-refractivity contribution in [2.45, 2.75) is 25.3 Å². The van der Waals surface area contributed by atoms with Crippen LogP contribution in [-0.4, -0.2) is 28.8 Å². The lowest BCUT2D eigenvalue weighted by atomic mass is 10.0. The third-order valence-electron chi connectivity index (χ3n) is 2.69. The molecule has 2 rings (SSSR count). The topological polar surface area (TPSA) is 49.8 Å². The molecular weight excluding hydrogens is 176 g/mol. The average molecular weight is 192 g/mol. The lowest BCUT2D eigenvalue weighted by molar-refractivity contribution is 0.438. The number of hydrogen-bond acceptors (Lipinski definition) is 4. The molecule has 1 fully saturated rings. The molecule has 2 N–H and O–H groups in total. The molecule has 2 heterocycles. The van der Waals surface area contributed by atoms with Gasteiger partial charge in [0.2, 0.25) is 0 Å². The fourth-order valence-corrected chi connectivity index (χ4v) is 1.79. The maximum Gasteiger partial charge on any atom is 0.148 e. The van der Waals surface area contributed by atoms with Gasteiger partial charge in [-0.15, -0.1) is 5.10 Å². The van der Waals surface area contributed by atoms with E-state index in [2.05, 4.69) is 27.8 Å². The van der Waals surface area contributed by atoms with Gasteiger partial charge in [0, 0.05) is 18.3 Å². The van der Waals surface area contributed by atoms with Gasteiger partial charge in [-0.3, -0.25) is 0 Å². The predicted molar refractivity (Wildman–Crippen MR) is 56.2 cm³/mol. The molecule has 1 unspecified atom stereocenters. The van der Waals surface area contributed by atoms with Crippen molar-refractivity contribution in [3.8, 4) is 0 Å². The van der Waals surface area contributed by atoms with Crippen molar-refractivity contribution in [1.82, 2.24) is 15.5 Å². The number of rotatable bonds is 3. The number of nitrogens with zero attached hydrogens (tertiary/aromatic N) is 2. The van der Waals surface area contributed by atoms with E-state index in [9.17, 15) is 0 Å². The highest BCUT2D eigenvalue weighted by Crippen LogP contribution is 2.18. The van der Waals surface area contributed by atoms with Crippen LogP contribution in [0.15, 0.2) is 18.3 Å². The van der Waals surface area contributed by atoms with Crippen molar-refractivity contribution < 1.29 is 0 Å². The van der Waals surface area contributed by atoms with Crippen molar-refractivity contribution in [2.24, 2.45) is 0 Å². The summed E-state index contributed by atoms with van der Waals surface area (Å²) in [5.41, 5.74) is 0.220. The summed E-state index contributed by atoms with van der Waals surface area (Å²) in [5.74, 6) is 0.849. The van der Waals surface area contributed by atoms with Crippen LogP contribution in [0.3, 0.4) is 0 Å². The molecule has 1 aliphatic heterocycles. The van der Waals surface area contributed by atoms with Gasteiger partial charge in [-0.25, -0.2) is 0 Å². The Kier molecular flexibility index (Phi) is 2.63. The molecule has 0 amide bonds. The molecule has 0 saturated carbocycles. The third kappa shape index (κ3) is 2.20. The Morgan fingerprint density at radius 3 is 3.21 bits per heavy atom. The summed E-state index contributed by atoms with van der Waals surface area (Å²) < 4.78 is 0. The third-order valence-corrected chi connectivity index (χ3v) is 2.69. The van der Waals surface area contributed by atoms with Gasteiger partial charge in [-0.2, -0.15) is 5.10 Å². The summed E-state index contributed by atoms with van der Waals surface area (Å²) in [4.78, 5) is 0. The molecular formula is C10H16N4. The summed E-state index contributed by atoms with van der Waals surface area (Å²) in [6.07, 6.45) is 4.17. The zero-order valence-electron chi connectivity index (χ0n) is 8.45. The zero-order chi connectivity index (χ0) is 9.86. The van der Waals surface area contributed by atoms with Crippen molar-refractivity contribution >= 4 is 5.82 Å². The van der Waals surface area contributed by atoms with Crippen molar-refractivity contribution in [3.63, 3.8) is 0 Å². The molecule has 0 bridgehead atoms. The number of hydrogen-bond donors (Lipinski definition) is 2. The van der Waals surface area contributed by atoms with E-state index < -0.39 is 0 Å². The van der Waals surface area contributed by atoms with Crippen LogP contribution in [0.25, 0.3) is 0 Å². The number of nitrogens with one attached hydrogen (secondary N) is 2. The highest BCUT2D eigenvalue weighted by Gasteiger charge is 2.27. The first kappa shape index (κ1) is 9.40. The van der Waals surface area contributed by atoms with Gasteiger partial charge in [-0.05, 0) is 38.4 Å².